The van der Waals surface area contributed by atoms with Gasteiger partial charge in [0.15, 0.2) is 0 Å². The first-order valence-corrected chi connectivity index (χ1v) is 7.66. The molecular weight excluding hydrogens is 384 g/mol. The molecule has 1 heterocycles. The second-order valence-electron chi connectivity index (χ2n) is 6.12. The van der Waals surface area contributed by atoms with Crippen LogP contribution < -0.4 is 11.1 Å². The smallest absolute Gasteiger partial charge is 0.346 e. The van der Waals surface area contributed by atoms with E-state index in [0.29, 0.717) is 0 Å². The SMILES string of the molecule is CC(C)[C@H](N)C(=O)NCC(=O)N1CCN(C(C)C(F)(F)F)CC1.Cl.Cl. The zero-order valence-corrected chi connectivity index (χ0v) is 16.1. The lowest BCUT2D eigenvalue weighted by Gasteiger charge is -2.38. The number of hydrogen-bond donors (Lipinski definition) is 2. The molecule has 1 aliphatic heterocycles. The van der Waals surface area contributed by atoms with E-state index < -0.39 is 24.2 Å². The van der Waals surface area contributed by atoms with Crippen molar-refractivity contribution >= 4 is 36.6 Å². The van der Waals surface area contributed by atoms with Crippen molar-refractivity contribution in [1.29, 1.82) is 0 Å². The van der Waals surface area contributed by atoms with Gasteiger partial charge in [-0.15, -0.1) is 24.8 Å². The fraction of sp³-hybridized carbons (Fsp3) is 0.857. The van der Waals surface area contributed by atoms with Crippen LogP contribution in [0.2, 0.25) is 0 Å². The third-order valence-corrected chi connectivity index (χ3v) is 4.12. The van der Waals surface area contributed by atoms with Crippen molar-refractivity contribution in [2.75, 3.05) is 32.7 Å². The van der Waals surface area contributed by atoms with Crippen LogP contribution >= 0.6 is 24.8 Å². The topological polar surface area (TPSA) is 78.7 Å². The summed E-state index contributed by atoms with van der Waals surface area (Å²) in [5.74, 6) is -0.760. The first kappa shape index (κ1) is 26.5. The van der Waals surface area contributed by atoms with Crippen LogP contribution in [0.3, 0.4) is 0 Å². The van der Waals surface area contributed by atoms with Gasteiger partial charge in [0.1, 0.15) is 6.04 Å². The van der Waals surface area contributed by atoms with Crippen LogP contribution in [0.15, 0.2) is 0 Å². The number of amides is 2. The van der Waals surface area contributed by atoms with E-state index in [4.69, 9.17) is 5.73 Å². The van der Waals surface area contributed by atoms with Gasteiger partial charge in [-0.3, -0.25) is 14.5 Å². The van der Waals surface area contributed by atoms with Crippen LogP contribution in [0.5, 0.6) is 0 Å². The van der Waals surface area contributed by atoms with Crippen LogP contribution in [0.4, 0.5) is 13.2 Å². The summed E-state index contributed by atoms with van der Waals surface area (Å²) in [6, 6.07) is -2.21. The average Bonchev–Trinajstić information content (AvgIpc) is 2.49. The molecule has 0 aromatic heterocycles. The van der Waals surface area contributed by atoms with Crippen molar-refractivity contribution in [3.8, 4) is 0 Å². The molecule has 0 radical (unpaired) electrons. The van der Waals surface area contributed by atoms with Gasteiger partial charge in [-0.25, -0.2) is 0 Å². The number of nitrogens with one attached hydrogen (secondary N) is 1. The molecule has 0 saturated carbocycles. The van der Waals surface area contributed by atoms with E-state index in [1.165, 1.54) is 9.80 Å². The van der Waals surface area contributed by atoms with Crippen LogP contribution in [0, 0.1) is 5.92 Å². The van der Waals surface area contributed by atoms with Crippen LogP contribution in [0.25, 0.3) is 0 Å². The Morgan fingerprint density at radius 3 is 1.96 bits per heavy atom. The summed E-state index contributed by atoms with van der Waals surface area (Å²) in [6.45, 7) is 5.27. The highest BCUT2D eigenvalue weighted by atomic mass is 35.5. The Hall–Kier alpha value is -0.770. The average molecular weight is 411 g/mol. The first-order chi connectivity index (χ1) is 10.5. The van der Waals surface area contributed by atoms with Crippen LogP contribution in [0.1, 0.15) is 20.8 Å². The highest BCUT2D eigenvalue weighted by Crippen LogP contribution is 2.25. The maximum absolute atomic E-state index is 12.7. The molecule has 2 amide bonds. The van der Waals surface area contributed by atoms with Crippen LogP contribution in [-0.4, -0.2) is 72.6 Å². The lowest BCUT2D eigenvalue weighted by Crippen LogP contribution is -2.56. The highest BCUT2D eigenvalue weighted by Gasteiger charge is 2.41. The number of nitrogens with zero attached hydrogens (tertiary/aromatic N) is 2. The number of rotatable bonds is 5. The van der Waals surface area contributed by atoms with Gasteiger partial charge in [0, 0.05) is 26.2 Å². The molecule has 2 atom stereocenters. The standard InChI is InChI=1S/C14H25F3N4O2.2ClH/c1-9(2)12(18)13(23)19-8-11(22)21-6-4-20(5-7-21)10(3)14(15,16)17;;/h9-10,12H,4-8,18H2,1-3H3,(H,19,23);2*1H/t10?,12-;;/m0../s1. The van der Waals surface area contributed by atoms with Gasteiger partial charge in [-0.2, -0.15) is 13.2 Å². The predicted octanol–water partition coefficient (Wildman–Crippen LogP) is 1.02. The van der Waals surface area contributed by atoms with E-state index in [1.54, 1.807) is 13.8 Å². The first-order valence-electron chi connectivity index (χ1n) is 7.66. The summed E-state index contributed by atoms with van der Waals surface area (Å²) in [6.07, 6.45) is -4.27. The molecule has 1 fully saturated rings. The normalized spacial score (nSPS) is 18.0. The van der Waals surface area contributed by atoms with Gasteiger partial charge in [-0.05, 0) is 12.8 Å². The molecule has 0 aromatic carbocycles. The minimum absolute atomic E-state index is 0. The summed E-state index contributed by atoms with van der Waals surface area (Å²) in [5.41, 5.74) is 5.67. The highest BCUT2D eigenvalue weighted by molar-refractivity contribution is 5.87. The number of carbonyl (C=O) groups is 2. The number of piperazine rings is 1. The zero-order valence-electron chi connectivity index (χ0n) is 14.5. The number of nitrogens with two attached hydrogens (primary N) is 1. The van der Waals surface area contributed by atoms with Crippen LogP contribution in [-0.2, 0) is 9.59 Å². The van der Waals surface area contributed by atoms with E-state index in [0.717, 1.165) is 6.92 Å². The molecule has 25 heavy (non-hydrogen) atoms. The quantitative estimate of drug-likeness (QED) is 0.709. The van der Waals surface area contributed by atoms with Crippen molar-refractivity contribution < 1.29 is 22.8 Å². The number of carbonyl (C=O) groups excluding carboxylic acids is 2. The van der Waals surface area contributed by atoms with E-state index in [1.807, 2.05) is 0 Å². The maximum Gasteiger partial charge on any atom is 0.403 e. The molecule has 1 unspecified atom stereocenters. The summed E-state index contributed by atoms with van der Waals surface area (Å²) < 4.78 is 38.0. The fourth-order valence-corrected chi connectivity index (χ4v) is 2.26. The monoisotopic (exact) mass is 410 g/mol. The summed E-state index contributed by atoms with van der Waals surface area (Å²) >= 11 is 0. The van der Waals surface area contributed by atoms with Gasteiger partial charge in [0.2, 0.25) is 11.8 Å². The minimum Gasteiger partial charge on any atom is -0.346 e. The summed E-state index contributed by atoms with van der Waals surface area (Å²) in [4.78, 5) is 26.4. The molecule has 0 aromatic rings. The van der Waals surface area contributed by atoms with Gasteiger partial charge in [0.25, 0.3) is 0 Å². The van der Waals surface area contributed by atoms with Gasteiger partial charge >= 0.3 is 6.18 Å². The largest absolute Gasteiger partial charge is 0.403 e. The van der Waals surface area contributed by atoms with Gasteiger partial charge in [-0.1, -0.05) is 13.8 Å². The predicted molar refractivity (Wildman–Crippen MR) is 94.0 cm³/mol. The van der Waals surface area contributed by atoms with Crippen molar-refractivity contribution in [1.82, 2.24) is 15.1 Å². The number of halogens is 5. The summed E-state index contributed by atoms with van der Waals surface area (Å²) in [7, 11) is 0. The molecule has 1 saturated heterocycles. The van der Waals surface area contributed by atoms with E-state index in [2.05, 4.69) is 5.32 Å². The number of hydrogen-bond acceptors (Lipinski definition) is 4. The lowest BCUT2D eigenvalue weighted by molar-refractivity contribution is -0.183. The van der Waals surface area contributed by atoms with Gasteiger partial charge < -0.3 is 16.0 Å². The number of alkyl halides is 3. The molecule has 0 aliphatic carbocycles. The van der Waals surface area contributed by atoms with E-state index in [-0.39, 0.29) is 69.4 Å². The molecule has 1 rings (SSSR count). The Morgan fingerprint density at radius 1 is 1.08 bits per heavy atom. The maximum atomic E-state index is 12.7. The second kappa shape index (κ2) is 11.1. The third kappa shape index (κ3) is 7.98. The Kier molecular flexibility index (Phi) is 11.7. The van der Waals surface area contributed by atoms with Crippen molar-refractivity contribution in [2.24, 2.45) is 11.7 Å². The Labute approximate surface area is 158 Å². The van der Waals surface area contributed by atoms with Crippen molar-refractivity contribution in [3.63, 3.8) is 0 Å². The molecule has 0 bridgehead atoms. The molecule has 6 nitrogen and oxygen atoms in total. The van der Waals surface area contributed by atoms with E-state index in [9.17, 15) is 22.8 Å². The molecule has 150 valence electrons. The van der Waals surface area contributed by atoms with Crippen molar-refractivity contribution in [3.05, 3.63) is 0 Å². The fourth-order valence-electron chi connectivity index (χ4n) is 2.26. The Balaban J connectivity index is 0. The molecule has 3 N–H and O–H groups in total. The van der Waals surface area contributed by atoms with E-state index >= 15 is 0 Å². The lowest BCUT2D eigenvalue weighted by atomic mass is 10.1. The molecular formula is C14H27Cl2F3N4O2. The third-order valence-electron chi connectivity index (χ3n) is 4.12. The summed E-state index contributed by atoms with van der Waals surface area (Å²) in [5, 5.41) is 2.47. The minimum atomic E-state index is -4.27. The molecule has 1 aliphatic rings. The zero-order chi connectivity index (χ0) is 17.8. The molecule has 0 spiro atoms. The Bertz CT molecular complexity index is 431. The molecule has 11 heteroatoms. The van der Waals surface area contributed by atoms with Gasteiger partial charge in [0.05, 0.1) is 12.6 Å². The second-order valence-corrected chi connectivity index (χ2v) is 6.12. The van der Waals surface area contributed by atoms with Crippen molar-refractivity contribution in [2.45, 2.75) is 39.0 Å². The Morgan fingerprint density at radius 2 is 1.56 bits per heavy atom.